The summed E-state index contributed by atoms with van der Waals surface area (Å²) < 4.78 is 5.95. The first-order chi connectivity index (χ1) is 22.4. The Bertz CT molecular complexity index is 1260. The van der Waals surface area contributed by atoms with Gasteiger partial charge >= 0.3 is 0 Å². The van der Waals surface area contributed by atoms with Gasteiger partial charge in [0.1, 0.15) is 12.1 Å². The molecule has 4 heterocycles. The summed E-state index contributed by atoms with van der Waals surface area (Å²) in [6.45, 7) is 14.3. The van der Waals surface area contributed by atoms with Crippen LogP contribution >= 0.6 is 11.6 Å². The molecule has 1 unspecified atom stereocenters. The average molecular weight is 670 g/mol. The lowest BCUT2D eigenvalue weighted by molar-refractivity contribution is -0.148. The number of likely N-dealkylation sites (N-methyl/N-ethyl adjacent to an activating group) is 1. The van der Waals surface area contributed by atoms with Gasteiger partial charge in [-0.25, -0.2) is 0 Å². The zero-order valence-electron chi connectivity index (χ0n) is 29.2. The maximum Gasteiger partial charge on any atom is 0.252 e. The van der Waals surface area contributed by atoms with E-state index in [0.29, 0.717) is 50.1 Å². The van der Waals surface area contributed by atoms with Crippen LogP contribution in [0, 0.1) is 11.8 Å². The molecule has 0 N–H and O–H groups in total. The summed E-state index contributed by atoms with van der Waals surface area (Å²) in [4.78, 5) is 54.3. The molecule has 4 aliphatic heterocycles. The lowest BCUT2D eigenvalue weighted by Crippen LogP contribution is -2.54. The van der Waals surface area contributed by atoms with Gasteiger partial charge in [-0.15, -0.1) is 0 Å². The van der Waals surface area contributed by atoms with Crippen LogP contribution in [0.4, 0.5) is 0 Å². The summed E-state index contributed by atoms with van der Waals surface area (Å²) in [5, 5.41) is 0.677. The Morgan fingerprint density at radius 3 is 2.17 bits per heavy atom. The molecule has 0 radical (unpaired) electrons. The number of halogens is 1. The van der Waals surface area contributed by atoms with E-state index in [2.05, 4.69) is 49.4 Å². The second kappa shape index (κ2) is 14.3. The molecule has 1 saturated carbocycles. The molecule has 47 heavy (non-hydrogen) atoms. The Balaban J connectivity index is 1.32. The van der Waals surface area contributed by atoms with Crippen LogP contribution in [0.2, 0.25) is 5.02 Å². The van der Waals surface area contributed by atoms with Gasteiger partial charge in [0.15, 0.2) is 0 Å². The maximum atomic E-state index is 15.0. The van der Waals surface area contributed by atoms with Crippen molar-refractivity contribution >= 4 is 29.3 Å². The largest absolute Gasteiger partial charge is 0.368 e. The highest BCUT2D eigenvalue weighted by molar-refractivity contribution is 6.30. The van der Waals surface area contributed by atoms with Gasteiger partial charge in [0, 0.05) is 74.9 Å². The van der Waals surface area contributed by atoms with Crippen molar-refractivity contribution in [1.82, 2.24) is 24.5 Å². The summed E-state index contributed by atoms with van der Waals surface area (Å²) in [5.74, 6) is 0.470. The van der Waals surface area contributed by atoms with E-state index in [-0.39, 0.29) is 47.2 Å². The van der Waals surface area contributed by atoms with E-state index >= 15 is 4.79 Å². The molecule has 1 aromatic carbocycles. The minimum atomic E-state index is -0.576. The molecule has 1 aromatic rings. The van der Waals surface area contributed by atoms with Crippen molar-refractivity contribution in [3.05, 3.63) is 34.9 Å². The molecule has 6 rings (SSSR count). The van der Waals surface area contributed by atoms with Crippen LogP contribution in [0.25, 0.3) is 0 Å². The van der Waals surface area contributed by atoms with E-state index in [1.807, 2.05) is 34.1 Å². The summed E-state index contributed by atoms with van der Waals surface area (Å²) in [6, 6.07) is 7.24. The van der Waals surface area contributed by atoms with Crippen LogP contribution in [0.1, 0.15) is 84.1 Å². The monoisotopic (exact) mass is 669 g/mol. The van der Waals surface area contributed by atoms with Crippen LogP contribution < -0.4 is 0 Å². The molecule has 1 aliphatic carbocycles. The van der Waals surface area contributed by atoms with Crippen molar-refractivity contribution in [1.29, 1.82) is 0 Å². The Hall–Kier alpha value is -2.20. The predicted molar refractivity (Wildman–Crippen MR) is 184 cm³/mol. The number of likely N-dealkylation sites (tertiary alicyclic amines) is 2. The zero-order valence-corrected chi connectivity index (χ0v) is 30.0. The van der Waals surface area contributed by atoms with Gasteiger partial charge in [-0.3, -0.25) is 19.3 Å². The Kier molecular flexibility index (Phi) is 10.6. The van der Waals surface area contributed by atoms with Crippen molar-refractivity contribution in [2.75, 3.05) is 59.5 Å². The molecular weight excluding hydrogens is 614 g/mol. The van der Waals surface area contributed by atoms with Gasteiger partial charge in [-0.05, 0) is 96.4 Å². The van der Waals surface area contributed by atoms with Crippen molar-refractivity contribution in [2.45, 2.75) is 108 Å². The van der Waals surface area contributed by atoms with Crippen LogP contribution in [0.5, 0.6) is 0 Å². The highest BCUT2D eigenvalue weighted by Crippen LogP contribution is 2.40. The third-order valence-corrected chi connectivity index (χ3v) is 12.0. The summed E-state index contributed by atoms with van der Waals surface area (Å²) in [5.41, 5.74) is 0.994. The molecule has 4 saturated heterocycles. The fraction of sp³-hybridized carbons (Fsp3) is 0.757. The van der Waals surface area contributed by atoms with Gasteiger partial charge < -0.3 is 24.3 Å². The number of hydrogen-bond donors (Lipinski definition) is 0. The molecule has 0 spiro atoms. The van der Waals surface area contributed by atoms with E-state index in [1.54, 1.807) is 0 Å². The molecule has 260 valence electrons. The number of nitrogens with zero attached hydrogens (tertiary/aromatic N) is 5. The quantitative estimate of drug-likeness (QED) is 0.445. The Labute approximate surface area is 286 Å². The number of rotatable bonds is 6. The predicted octanol–water partition coefficient (Wildman–Crippen LogP) is 4.48. The van der Waals surface area contributed by atoms with E-state index < -0.39 is 12.1 Å². The fourth-order valence-electron chi connectivity index (χ4n) is 8.71. The average Bonchev–Trinajstić information content (AvgIpc) is 3.83. The molecule has 0 bridgehead atoms. The first kappa shape index (κ1) is 34.7. The standard InChI is InChI=1S/C37H56ClN5O4/c1-25-8-14-28(15-9-25)43(36(46)33-7-6-20-47-33)29-21-32(35(45)40-18-16-39(5)17-19-40)42(22-29)34(44)31-24-41(37(2,3)4)23-30(31)26-10-12-27(38)13-11-26/h10-13,25,28-33H,6-9,14-24H2,1-5H3/t25?,28?,29-,30+,31+,32-,33?/m0/s1. The lowest BCUT2D eigenvalue weighted by Gasteiger charge is -2.41. The number of hydrogen-bond acceptors (Lipinski definition) is 6. The highest BCUT2D eigenvalue weighted by Gasteiger charge is 2.51. The molecule has 0 aromatic heterocycles. The van der Waals surface area contributed by atoms with Crippen LogP contribution in [-0.4, -0.2) is 131 Å². The van der Waals surface area contributed by atoms with E-state index in [1.165, 1.54) is 0 Å². The first-order valence-electron chi connectivity index (χ1n) is 18.1. The van der Waals surface area contributed by atoms with E-state index in [9.17, 15) is 9.59 Å². The second-order valence-corrected chi connectivity index (χ2v) is 16.5. The van der Waals surface area contributed by atoms with Crippen molar-refractivity contribution in [2.24, 2.45) is 11.8 Å². The van der Waals surface area contributed by atoms with Gasteiger partial charge in [0.05, 0.1) is 12.0 Å². The van der Waals surface area contributed by atoms with Crippen LogP contribution in [0.3, 0.4) is 0 Å². The fourth-order valence-corrected chi connectivity index (χ4v) is 8.84. The number of amides is 3. The molecule has 10 heteroatoms. The third kappa shape index (κ3) is 7.53. The highest BCUT2D eigenvalue weighted by atomic mass is 35.5. The minimum absolute atomic E-state index is 0.0121. The number of carbonyl (C=O) groups is 3. The maximum absolute atomic E-state index is 15.0. The normalized spacial score (nSPS) is 32.6. The number of carbonyl (C=O) groups excluding carboxylic acids is 3. The molecule has 3 amide bonds. The van der Waals surface area contributed by atoms with Crippen molar-refractivity contribution in [3.8, 4) is 0 Å². The van der Waals surface area contributed by atoms with Crippen molar-refractivity contribution in [3.63, 3.8) is 0 Å². The Morgan fingerprint density at radius 2 is 1.55 bits per heavy atom. The topological polar surface area (TPSA) is 76.6 Å². The van der Waals surface area contributed by atoms with Crippen molar-refractivity contribution < 1.29 is 19.1 Å². The number of piperazine rings is 1. The molecule has 9 nitrogen and oxygen atoms in total. The Morgan fingerprint density at radius 1 is 0.872 bits per heavy atom. The summed E-state index contributed by atoms with van der Waals surface area (Å²) in [7, 11) is 2.08. The minimum Gasteiger partial charge on any atom is -0.368 e. The van der Waals surface area contributed by atoms with Crippen LogP contribution in [-0.2, 0) is 19.1 Å². The lowest BCUT2D eigenvalue weighted by atomic mass is 9.85. The van der Waals surface area contributed by atoms with E-state index in [0.717, 1.165) is 63.7 Å². The summed E-state index contributed by atoms with van der Waals surface area (Å²) >= 11 is 6.28. The first-order valence-corrected chi connectivity index (χ1v) is 18.5. The zero-order chi connectivity index (χ0) is 33.5. The van der Waals surface area contributed by atoms with Crippen LogP contribution in [0.15, 0.2) is 24.3 Å². The SMILES string of the molecule is CC1CCC(N(C(=O)C2CCCO2)[C@H]2C[C@@H](C(=O)N3CCN(C)CC3)N(C(=O)[C@@H]3CN(C(C)(C)C)C[C@@H]3c3ccc(Cl)cc3)C2)CC1. The van der Waals surface area contributed by atoms with E-state index in [4.69, 9.17) is 16.3 Å². The molecule has 5 atom stereocenters. The van der Waals surface area contributed by atoms with Gasteiger partial charge in [-0.2, -0.15) is 0 Å². The number of benzene rings is 1. The van der Waals surface area contributed by atoms with Gasteiger partial charge in [-0.1, -0.05) is 30.7 Å². The molecular formula is C37H56ClN5O4. The third-order valence-electron chi connectivity index (χ3n) is 11.8. The number of ether oxygens (including phenoxy) is 1. The smallest absolute Gasteiger partial charge is 0.252 e. The second-order valence-electron chi connectivity index (χ2n) is 16.0. The van der Waals surface area contributed by atoms with Gasteiger partial charge in [0.2, 0.25) is 11.8 Å². The molecule has 5 fully saturated rings. The molecule has 5 aliphatic rings. The van der Waals surface area contributed by atoms with Gasteiger partial charge in [0.25, 0.3) is 5.91 Å². The summed E-state index contributed by atoms with van der Waals surface area (Å²) in [6.07, 6.45) is 5.80.